The number of hydrogen-bond donors (Lipinski definition) is 1. The van der Waals surface area contributed by atoms with Gasteiger partial charge in [0, 0.05) is 25.7 Å². The van der Waals surface area contributed by atoms with Gasteiger partial charge in [0.05, 0.1) is 13.2 Å². The number of nitrogens with two attached hydrogens (primary N) is 1. The van der Waals surface area contributed by atoms with E-state index < -0.39 is 0 Å². The van der Waals surface area contributed by atoms with Gasteiger partial charge in [-0.2, -0.15) is 0 Å². The zero-order valence-corrected chi connectivity index (χ0v) is 10.3. The summed E-state index contributed by atoms with van der Waals surface area (Å²) in [5, 5.41) is 0. The van der Waals surface area contributed by atoms with Gasteiger partial charge in [-0.1, -0.05) is 30.3 Å². The topological polar surface area (TPSA) is 38.5 Å². The Labute approximate surface area is 104 Å². The van der Waals surface area contributed by atoms with Crippen molar-refractivity contribution in [3.8, 4) is 0 Å². The number of aryl methyl sites for hydroxylation is 1. The molecule has 0 saturated carbocycles. The minimum Gasteiger partial charge on any atom is -0.379 e. The summed E-state index contributed by atoms with van der Waals surface area (Å²) in [5.41, 5.74) is 7.55. The molecule has 0 radical (unpaired) electrons. The molecule has 17 heavy (non-hydrogen) atoms. The van der Waals surface area contributed by atoms with E-state index in [4.69, 9.17) is 10.5 Å². The molecule has 0 amide bonds. The third kappa shape index (κ3) is 4.46. The number of ether oxygens (including phenoxy) is 1. The van der Waals surface area contributed by atoms with E-state index in [-0.39, 0.29) is 6.04 Å². The van der Waals surface area contributed by atoms with Gasteiger partial charge in [-0.15, -0.1) is 0 Å². The average molecular weight is 234 g/mol. The molecule has 1 saturated heterocycles. The lowest BCUT2D eigenvalue weighted by Crippen LogP contribution is -2.43. The number of rotatable bonds is 5. The number of benzene rings is 1. The van der Waals surface area contributed by atoms with Crippen LogP contribution in [0.5, 0.6) is 0 Å². The molecule has 3 nitrogen and oxygen atoms in total. The first kappa shape index (κ1) is 12.6. The highest BCUT2D eigenvalue weighted by molar-refractivity contribution is 5.14. The molecule has 3 heteroatoms. The molecule has 94 valence electrons. The number of morpholine rings is 1. The lowest BCUT2D eigenvalue weighted by Gasteiger charge is -2.29. The van der Waals surface area contributed by atoms with E-state index in [0.29, 0.717) is 0 Å². The van der Waals surface area contributed by atoms with E-state index in [1.165, 1.54) is 5.56 Å². The smallest absolute Gasteiger partial charge is 0.0594 e. The Morgan fingerprint density at radius 1 is 1.18 bits per heavy atom. The molecule has 0 aliphatic carbocycles. The minimum absolute atomic E-state index is 0.272. The van der Waals surface area contributed by atoms with Crippen LogP contribution in [-0.4, -0.2) is 43.8 Å². The maximum Gasteiger partial charge on any atom is 0.0594 e. The van der Waals surface area contributed by atoms with Gasteiger partial charge in [-0.05, 0) is 18.4 Å². The lowest BCUT2D eigenvalue weighted by atomic mass is 10.1. The zero-order chi connectivity index (χ0) is 11.9. The van der Waals surface area contributed by atoms with Gasteiger partial charge in [-0.3, -0.25) is 4.90 Å². The minimum atomic E-state index is 0.272. The first-order valence-electron chi connectivity index (χ1n) is 6.44. The molecule has 1 atom stereocenters. The van der Waals surface area contributed by atoms with Crippen molar-refractivity contribution in [2.45, 2.75) is 18.9 Å². The molecule has 0 spiro atoms. The Hall–Kier alpha value is -0.900. The molecule has 1 aromatic rings. The molecule has 0 bridgehead atoms. The van der Waals surface area contributed by atoms with Gasteiger partial charge >= 0.3 is 0 Å². The number of hydrogen-bond acceptors (Lipinski definition) is 3. The van der Waals surface area contributed by atoms with E-state index in [0.717, 1.165) is 45.7 Å². The van der Waals surface area contributed by atoms with Gasteiger partial charge in [0.1, 0.15) is 0 Å². The van der Waals surface area contributed by atoms with Crippen molar-refractivity contribution in [2.24, 2.45) is 5.73 Å². The molecule has 1 fully saturated rings. The van der Waals surface area contributed by atoms with Crippen molar-refractivity contribution >= 4 is 0 Å². The molecule has 2 N–H and O–H groups in total. The van der Waals surface area contributed by atoms with Crippen LogP contribution in [0.15, 0.2) is 30.3 Å². The lowest BCUT2D eigenvalue weighted by molar-refractivity contribution is 0.0350. The zero-order valence-electron chi connectivity index (χ0n) is 10.3. The van der Waals surface area contributed by atoms with Crippen molar-refractivity contribution in [1.82, 2.24) is 4.90 Å². The van der Waals surface area contributed by atoms with Crippen LogP contribution >= 0.6 is 0 Å². The standard InChI is InChI=1S/C14H22N2O/c15-14(12-16-8-10-17-11-9-16)7-6-13-4-2-1-3-5-13/h1-5,14H,6-12,15H2. The maximum absolute atomic E-state index is 6.17. The monoisotopic (exact) mass is 234 g/mol. The van der Waals surface area contributed by atoms with Crippen LogP contribution in [0.4, 0.5) is 0 Å². The highest BCUT2D eigenvalue weighted by Gasteiger charge is 2.13. The van der Waals surface area contributed by atoms with Crippen molar-refractivity contribution in [2.75, 3.05) is 32.8 Å². The summed E-state index contributed by atoms with van der Waals surface area (Å²) < 4.78 is 5.33. The van der Waals surface area contributed by atoms with Crippen LogP contribution in [0.3, 0.4) is 0 Å². The van der Waals surface area contributed by atoms with Crippen LogP contribution in [0, 0.1) is 0 Å². The van der Waals surface area contributed by atoms with Crippen LogP contribution in [0.25, 0.3) is 0 Å². The van der Waals surface area contributed by atoms with Crippen molar-refractivity contribution in [1.29, 1.82) is 0 Å². The van der Waals surface area contributed by atoms with Crippen LogP contribution in [0.1, 0.15) is 12.0 Å². The first-order chi connectivity index (χ1) is 8.34. The summed E-state index contributed by atoms with van der Waals surface area (Å²) in [5.74, 6) is 0. The quantitative estimate of drug-likeness (QED) is 0.834. The fourth-order valence-corrected chi connectivity index (χ4v) is 2.20. The van der Waals surface area contributed by atoms with Crippen molar-refractivity contribution in [3.63, 3.8) is 0 Å². The highest BCUT2D eigenvalue weighted by atomic mass is 16.5. The predicted octanol–water partition coefficient (Wildman–Crippen LogP) is 1.28. The Bertz CT molecular complexity index is 309. The molecule has 0 aromatic heterocycles. The van der Waals surface area contributed by atoms with E-state index in [1.807, 2.05) is 0 Å². The second kappa shape index (κ2) is 6.74. The second-order valence-corrected chi connectivity index (χ2v) is 4.70. The molecule has 1 heterocycles. The third-order valence-corrected chi connectivity index (χ3v) is 3.24. The molecular weight excluding hydrogens is 212 g/mol. The van der Waals surface area contributed by atoms with Crippen LogP contribution < -0.4 is 5.73 Å². The van der Waals surface area contributed by atoms with Gasteiger partial charge < -0.3 is 10.5 Å². The fourth-order valence-electron chi connectivity index (χ4n) is 2.20. The van der Waals surface area contributed by atoms with Gasteiger partial charge in [-0.25, -0.2) is 0 Å². The summed E-state index contributed by atoms with van der Waals surface area (Å²) in [4.78, 5) is 2.40. The van der Waals surface area contributed by atoms with Crippen molar-refractivity contribution < 1.29 is 4.74 Å². The third-order valence-electron chi connectivity index (χ3n) is 3.24. The average Bonchev–Trinajstić information content (AvgIpc) is 2.39. The Kier molecular flexibility index (Phi) is 4.98. The summed E-state index contributed by atoms with van der Waals surface area (Å²) in [6, 6.07) is 10.8. The first-order valence-corrected chi connectivity index (χ1v) is 6.44. The largest absolute Gasteiger partial charge is 0.379 e. The van der Waals surface area contributed by atoms with Gasteiger partial charge in [0.25, 0.3) is 0 Å². The normalized spacial score (nSPS) is 19.1. The summed E-state index contributed by atoms with van der Waals surface area (Å²) in [6.45, 7) is 4.76. The van der Waals surface area contributed by atoms with E-state index in [2.05, 4.69) is 35.2 Å². The van der Waals surface area contributed by atoms with Gasteiger partial charge in [0.15, 0.2) is 0 Å². The SMILES string of the molecule is NC(CCc1ccccc1)CN1CCOCC1. The summed E-state index contributed by atoms with van der Waals surface area (Å²) in [7, 11) is 0. The number of nitrogens with zero attached hydrogens (tertiary/aromatic N) is 1. The highest BCUT2D eigenvalue weighted by Crippen LogP contribution is 2.06. The molecule has 1 aliphatic rings. The Morgan fingerprint density at radius 2 is 1.88 bits per heavy atom. The molecule has 1 aliphatic heterocycles. The summed E-state index contributed by atoms with van der Waals surface area (Å²) >= 11 is 0. The van der Waals surface area contributed by atoms with Crippen molar-refractivity contribution in [3.05, 3.63) is 35.9 Å². The second-order valence-electron chi connectivity index (χ2n) is 4.70. The predicted molar refractivity (Wildman–Crippen MR) is 70.0 cm³/mol. The maximum atomic E-state index is 6.17. The Morgan fingerprint density at radius 3 is 2.59 bits per heavy atom. The summed E-state index contributed by atoms with van der Waals surface area (Å²) in [6.07, 6.45) is 2.13. The van der Waals surface area contributed by atoms with E-state index in [9.17, 15) is 0 Å². The fraction of sp³-hybridized carbons (Fsp3) is 0.571. The van der Waals surface area contributed by atoms with E-state index >= 15 is 0 Å². The Balaban J connectivity index is 1.68. The van der Waals surface area contributed by atoms with E-state index in [1.54, 1.807) is 0 Å². The molecule has 1 aromatic carbocycles. The molecular formula is C14H22N2O. The molecule has 1 unspecified atom stereocenters. The molecule has 2 rings (SSSR count). The van der Waals surface area contributed by atoms with Gasteiger partial charge in [0.2, 0.25) is 0 Å². The van der Waals surface area contributed by atoms with Crippen LogP contribution in [0.2, 0.25) is 0 Å². The van der Waals surface area contributed by atoms with Crippen LogP contribution in [-0.2, 0) is 11.2 Å².